The van der Waals surface area contributed by atoms with Gasteiger partial charge in [0.2, 0.25) is 5.91 Å². The Balaban J connectivity index is 2.05. The molecule has 1 N–H and O–H groups in total. The summed E-state index contributed by atoms with van der Waals surface area (Å²) in [5.74, 6) is 0.0421. The first-order valence-electron chi connectivity index (χ1n) is 6.42. The molecule has 0 spiro atoms. The van der Waals surface area contributed by atoms with Gasteiger partial charge in [0, 0.05) is 6.42 Å². The zero-order valence-electron chi connectivity index (χ0n) is 11.0. The van der Waals surface area contributed by atoms with Gasteiger partial charge in [0.1, 0.15) is 11.8 Å². The second-order valence-electron chi connectivity index (χ2n) is 4.68. The molecule has 2 amide bonds. The molecular formula is C13H14N4O3. The minimum atomic E-state index is -0.515. The maximum absolute atomic E-state index is 12.1. The van der Waals surface area contributed by atoms with Crippen LogP contribution in [0.5, 0.6) is 5.75 Å². The molecule has 0 radical (unpaired) electrons. The number of hydrogen-bond acceptors (Lipinski definition) is 5. The smallest absolute Gasteiger partial charge is 0.251 e. The number of nitrogens with one attached hydrogen (secondary N) is 1. The summed E-state index contributed by atoms with van der Waals surface area (Å²) < 4.78 is 6.79. The number of aromatic nitrogens is 3. The number of methoxy groups -OCH3 is 1. The predicted molar refractivity (Wildman–Crippen MR) is 70.1 cm³/mol. The molecule has 0 saturated carbocycles. The van der Waals surface area contributed by atoms with Gasteiger partial charge >= 0.3 is 0 Å². The summed E-state index contributed by atoms with van der Waals surface area (Å²) in [7, 11) is 1.56. The van der Waals surface area contributed by atoms with Crippen LogP contribution in [0, 0.1) is 0 Å². The van der Waals surface area contributed by atoms with E-state index in [-0.39, 0.29) is 11.8 Å². The lowest BCUT2D eigenvalue weighted by molar-refractivity contribution is -0.131. The molecule has 0 aliphatic carbocycles. The average molecular weight is 274 g/mol. The van der Waals surface area contributed by atoms with Gasteiger partial charge in [-0.25, -0.2) is 4.68 Å². The maximum Gasteiger partial charge on any atom is 0.251 e. The minimum absolute atomic E-state index is 0.237. The average Bonchev–Trinajstić information content (AvgIpc) is 2.79. The van der Waals surface area contributed by atoms with Gasteiger partial charge < -0.3 is 4.74 Å². The molecule has 7 heteroatoms. The molecule has 1 saturated heterocycles. The van der Waals surface area contributed by atoms with Crippen molar-refractivity contribution >= 4 is 22.8 Å². The van der Waals surface area contributed by atoms with Crippen LogP contribution in [0.25, 0.3) is 11.0 Å². The number of fused-ring (bicyclic) bond motifs is 1. The van der Waals surface area contributed by atoms with Crippen LogP contribution in [-0.2, 0) is 9.59 Å². The third-order valence-electron chi connectivity index (χ3n) is 3.43. The van der Waals surface area contributed by atoms with E-state index in [0.29, 0.717) is 30.5 Å². The maximum atomic E-state index is 12.1. The van der Waals surface area contributed by atoms with Crippen molar-refractivity contribution in [1.82, 2.24) is 20.3 Å². The number of carbonyl (C=O) groups is 2. The van der Waals surface area contributed by atoms with Gasteiger partial charge in [-0.05, 0) is 25.0 Å². The second kappa shape index (κ2) is 4.92. The Morgan fingerprint density at radius 1 is 1.40 bits per heavy atom. The third kappa shape index (κ3) is 2.01. The molecule has 104 valence electrons. The molecule has 1 atom stereocenters. The first-order chi connectivity index (χ1) is 9.70. The monoisotopic (exact) mass is 274 g/mol. The van der Waals surface area contributed by atoms with Crippen LogP contribution in [-0.4, -0.2) is 33.9 Å². The Morgan fingerprint density at radius 3 is 3.05 bits per heavy atom. The molecular weight excluding hydrogens is 260 g/mol. The van der Waals surface area contributed by atoms with Crippen molar-refractivity contribution in [2.45, 2.75) is 25.3 Å². The highest BCUT2D eigenvalue weighted by Crippen LogP contribution is 2.27. The van der Waals surface area contributed by atoms with Gasteiger partial charge in [-0.2, -0.15) is 0 Å². The van der Waals surface area contributed by atoms with Crippen LogP contribution in [0.2, 0.25) is 0 Å². The molecule has 2 aromatic rings. The molecule has 1 unspecified atom stereocenters. The Bertz CT molecular complexity index is 679. The summed E-state index contributed by atoms with van der Waals surface area (Å²) in [6.45, 7) is 0. The van der Waals surface area contributed by atoms with E-state index in [1.807, 2.05) is 12.1 Å². The SMILES string of the molecule is COc1cccc2c1nnn2C1CCCC(=O)NC1=O. The van der Waals surface area contributed by atoms with Crippen molar-refractivity contribution in [3.05, 3.63) is 18.2 Å². The van der Waals surface area contributed by atoms with E-state index in [1.54, 1.807) is 17.9 Å². The van der Waals surface area contributed by atoms with Crippen molar-refractivity contribution < 1.29 is 14.3 Å². The van der Waals surface area contributed by atoms with Gasteiger partial charge in [0.05, 0.1) is 12.6 Å². The highest BCUT2D eigenvalue weighted by molar-refractivity contribution is 5.98. The van der Waals surface area contributed by atoms with Crippen LogP contribution in [0.3, 0.4) is 0 Å². The summed E-state index contributed by atoms with van der Waals surface area (Å²) in [4.78, 5) is 23.4. The normalized spacial score (nSPS) is 19.8. The van der Waals surface area contributed by atoms with Crippen LogP contribution in [0.1, 0.15) is 25.3 Å². The van der Waals surface area contributed by atoms with Crippen molar-refractivity contribution in [1.29, 1.82) is 0 Å². The van der Waals surface area contributed by atoms with E-state index in [9.17, 15) is 9.59 Å². The zero-order chi connectivity index (χ0) is 14.1. The van der Waals surface area contributed by atoms with Crippen molar-refractivity contribution in [3.8, 4) is 5.75 Å². The van der Waals surface area contributed by atoms with E-state index in [0.717, 1.165) is 5.52 Å². The lowest BCUT2D eigenvalue weighted by atomic mass is 10.1. The molecule has 20 heavy (non-hydrogen) atoms. The van der Waals surface area contributed by atoms with Crippen LogP contribution < -0.4 is 10.1 Å². The first kappa shape index (κ1) is 12.6. The quantitative estimate of drug-likeness (QED) is 0.819. The molecule has 7 nitrogen and oxygen atoms in total. The van der Waals surface area contributed by atoms with E-state index in [2.05, 4.69) is 15.6 Å². The molecule has 1 aromatic heterocycles. The van der Waals surface area contributed by atoms with E-state index in [1.165, 1.54) is 0 Å². The van der Waals surface area contributed by atoms with E-state index >= 15 is 0 Å². The van der Waals surface area contributed by atoms with Crippen LogP contribution in [0.15, 0.2) is 18.2 Å². The molecule has 3 rings (SSSR count). The predicted octanol–water partition coefficient (Wildman–Crippen LogP) is 0.808. The number of carbonyl (C=O) groups excluding carboxylic acids is 2. The Hall–Kier alpha value is -2.44. The Morgan fingerprint density at radius 2 is 2.25 bits per heavy atom. The molecule has 1 fully saturated rings. The van der Waals surface area contributed by atoms with Crippen LogP contribution in [0.4, 0.5) is 0 Å². The molecule has 1 aliphatic heterocycles. The summed E-state index contributed by atoms with van der Waals surface area (Å²) in [5.41, 5.74) is 1.33. The van der Waals surface area contributed by atoms with Gasteiger partial charge in [-0.3, -0.25) is 14.9 Å². The number of hydrogen-bond donors (Lipinski definition) is 1. The summed E-state index contributed by atoms with van der Waals surface area (Å²) in [5, 5.41) is 10.5. The fourth-order valence-corrected chi connectivity index (χ4v) is 2.44. The summed E-state index contributed by atoms with van der Waals surface area (Å²) >= 11 is 0. The Labute approximate surface area is 114 Å². The van der Waals surface area contributed by atoms with Gasteiger partial charge in [0.15, 0.2) is 5.52 Å². The van der Waals surface area contributed by atoms with Crippen LogP contribution >= 0.6 is 0 Å². The van der Waals surface area contributed by atoms with Gasteiger partial charge in [-0.1, -0.05) is 11.3 Å². The van der Waals surface area contributed by atoms with Crippen molar-refractivity contribution in [2.24, 2.45) is 0 Å². The van der Waals surface area contributed by atoms with Crippen molar-refractivity contribution in [2.75, 3.05) is 7.11 Å². The number of nitrogens with zero attached hydrogens (tertiary/aromatic N) is 3. The second-order valence-corrected chi connectivity index (χ2v) is 4.68. The first-order valence-corrected chi connectivity index (χ1v) is 6.42. The zero-order valence-corrected chi connectivity index (χ0v) is 11.0. The number of benzene rings is 1. The Kier molecular flexibility index (Phi) is 3.09. The number of amides is 2. The standard InChI is InChI=1S/C13H14N4O3/c1-20-10-6-2-4-8-12(10)15-16-17(8)9-5-3-7-11(18)14-13(9)19/h2,4,6,9H,3,5,7H2,1H3,(H,14,18,19). The van der Waals surface area contributed by atoms with Gasteiger partial charge in [-0.15, -0.1) is 5.10 Å². The molecule has 0 bridgehead atoms. The fraction of sp³-hybridized carbons (Fsp3) is 0.385. The number of imide groups is 1. The summed E-state index contributed by atoms with van der Waals surface area (Å²) in [6.07, 6.45) is 1.57. The lowest BCUT2D eigenvalue weighted by Gasteiger charge is -2.13. The summed E-state index contributed by atoms with van der Waals surface area (Å²) in [6, 6.07) is 4.93. The van der Waals surface area contributed by atoms with Gasteiger partial charge in [0.25, 0.3) is 5.91 Å². The number of ether oxygens (including phenoxy) is 1. The van der Waals surface area contributed by atoms with Crippen molar-refractivity contribution in [3.63, 3.8) is 0 Å². The number of rotatable bonds is 2. The molecule has 1 aliphatic rings. The molecule has 1 aromatic carbocycles. The largest absolute Gasteiger partial charge is 0.494 e. The minimum Gasteiger partial charge on any atom is -0.494 e. The molecule has 2 heterocycles. The highest BCUT2D eigenvalue weighted by atomic mass is 16.5. The fourth-order valence-electron chi connectivity index (χ4n) is 2.44. The lowest BCUT2D eigenvalue weighted by Crippen LogP contribution is -2.34. The highest BCUT2D eigenvalue weighted by Gasteiger charge is 2.28. The van der Waals surface area contributed by atoms with E-state index < -0.39 is 6.04 Å². The third-order valence-corrected chi connectivity index (χ3v) is 3.43. The van der Waals surface area contributed by atoms with E-state index in [4.69, 9.17) is 4.74 Å². The topological polar surface area (TPSA) is 86.1 Å².